The van der Waals surface area contributed by atoms with Gasteiger partial charge in [-0.05, 0) is 49.1 Å². The van der Waals surface area contributed by atoms with E-state index >= 15 is 0 Å². The Kier molecular flexibility index (Phi) is 7.16. The van der Waals surface area contributed by atoms with Gasteiger partial charge in [0.2, 0.25) is 0 Å². The minimum absolute atomic E-state index is 0.0605. The van der Waals surface area contributed by atoms with Crippen LogP contribution in [0.15, 0.2) is 66.1 Å². The Bertz CT molecular complexity index is 845. The molecule has 2 aromatic carbocycles. The average Bonchev–Trinajstić information content (AvgIpc) is 3.17. The van der Waals surface area contributed by atoms with Crippen molar-refractivity contribution in [3.05, 3.63) is 81.8 Å². The summed E-state index contributed by atoms with van der Waals surface area (Å²) in [5.74, 6) is 0. The van der Waals surface area contributed by atoms with Crippen molar-refractivity contribution in [1.82, 2.24) is 9.55 Å². The van der Waals surface area contributed by atoms with E-state index in [9.17, 15) is 0 Å². The first-order valence-corrected chi connectivity index (χ1v) is 10.8. The van der Waals surface area contributed by atoms with Crippen molar-refractivity contribution in [1.29, 1.82) is 0 Å². The fraction of sp³-hybridized carbons (Fsp3) is 0.286. The summed E-state index contributed by atoms with van der Waals surface area (Å²) in [6, 6.07) is 13.7. The lowest BCUT2D eigenvalue weighted by atomic mass is 9.96. The Morgan fingerprint density at radius 2 is 1.74 bits per heavy atom. The number of aryl methyl sites for hydroxylation is 1. The third-order valence-electron chi connectivity index (χ3n) is 4.69. The third kappa shape index (κ3) is 5.45. The predicted octanol–water partition coefficient (Wildman–Crippen LogP) is 7.42. The van der Waals surface area contributed by atoms with Crippen LogP contribution in [0.2, 0.25) is 15.1 Å². The van der Waals surface area contributed by atoms with Crippen LogP contribution in [0.5, 0.6) is 0 Å². The smallest absolute Gasteiger partial charge is 0.0946 e. The van der Waals surface area contributed by atoms with Crippen molar-refractivity contribution < 1.29 is 0 Å². The van der Waals surface area contributed by atoms with E-state index in [1.54, 1.807) is 11.8 Å². The van der Waals surface area contributed by atoms with Gasteiger partial charge in [-0.25, -0.2) is 4.98 Å². The first kappa shape index (κ1) is 20.6. The second-order valence-corrected chi connectivity index (χ2v) is 9.28. The lowest BCUT2D eigenvalue weighted by Gasteiger charge is -2.33. The van der Waals surface area contributed by atoms with E-state index in [1.807, 2.05) is 49.1 Å². The zero-order valence-electron chi connectivity index (χ0n) is 15.0. The summed E-state index contributed by atoms with van der Waals surface area (Å²) < 4.78 is 2.07. The van der Waals surface area contributed by atoms with Gasteiger partial charge in [-0.1, -0.05) is 59.9 Å². The van der Waals surface area contributed by atoms with Crippen molar-refractivity contribution in [2.45, 2.75) is 42.4 Å². The molecule has 0 saturated heterocycles. The Balaban J connectivity index is 1.88. The van der Waals surface area contributed by atoms with Crippen LogP contribution in [-0.4, -0.2) is 14.3 Å². The molecule has 1 aromatic heterocycles. The standard InChI is InChI=1S/C21H21Cl3N2S/c1-2-21(14-26-13-12-25-15-26,11-10-16-6-8-17(22)9-7-16)27-20-18(23)4-3-5-19(20)24/h3-9,12-13,15H,2,10-11,14H2,1H3. The number of hydrogen-bond acceptors (Lipinski definition) is 2. The molecule has 0 radical (unpaired) electrons. The second-order valence-electron chi connectivity index (χ2n) is 6.55. The largest absolute Gasteiger partial charge is 0.336 e. The van der Waals surface area contributed by atoms with E-state index in [1.165, 1.54) is 5.56 Å². The molecule has 2 nitrogen and oxygen atoms in total. The van der Waals surface area contributed by atoms with Crippen LogP contribution in [0, 0.1) is 0 Å². The molecular formula is C21H21Cl3N2S. The normalized spacial score (nSPS) is 13.5. The average molecular weight is 440 g/mol. The molecule has 3 rings (SSSR count). The minimum Gasteiger partial charge on any atom is -0.336 e. The highest BCUT2D eigenvalue weighted by atomic mass is 35.5. The number of rotatable bonds is 8. The second kappa shape index (κ2) is 9.38. The highest BCUT2D eigenvalue weighted by Gasteiger charge is 2.31. The van der Waals surface area contributed by atoms with Crippen LogP contribution < -0.4 is 0 Å². The Morgan fingerprint density at radius 3 is 2.33 bits per heavy atom. The van der Waals surface area contributed by atoms with E-state index in [0.29, 0.717) is 10.0 Å². The van der Waals surface area contributed by atoms with E-state index < -0.39 is 0 Å². The van der Waals surface area contributed by atoms with Gasteiger partial charge in [-0.3, -0.25) is 0 Å². The molecule has 0 fully saturated rings. The lowest BCUT2D eigenvalue weighted by Crippen LogP contribution is -2.30. The van der Waals surface area contributed by atoms with E-state index in [2.05, 4.69) is 28.6 Å². The van der Waals surface area contributed by atoms with Gasteiger partial charge >= 0.3 is 0 Å². The van der Waals surface area contributed by atoms with Gasteiger partial charge in [0.1, 0.15) is 0 Å². The first-order chi connectivity index (χ1) is 13.0. The third-order valence-corrected chi connectivity index (χ3v) is 7.50. The topological polar surface area (TPSA) is 17.8 Å². The van der Waals surface area contributed by atoms with Gasteiger partial charge < -0.3 is 4.57 Å². The van der Waals surface area contributed by atoms with Crippen molar-refractivity contribution >= 4 is 46.6 Å². The molecule has 0 amide bonds. The molecule has 0 aliphatic carbocycles. The summed E-state index contributed by atoms with van der Waals surface area (Å²) in [5.41, 5.74) is 1.27. The number of halogens is 3. The molecule has 3 aromatic rings. The number of hydrogen-bond donors (Lipinski definition) is 0. The Morgan fingerprint density at radius 1 is 1.04 bits per heavy atom. The van der Waals surface area contributed by atoms with Crippen molar-refractivity contribution in [2.24, 2.45) is 0 Å². The van der Waals surface area contributed by atoms with E-state index in [-0.39, 0.29) is 4.75 Å². The maximum Gasteiger partial charge on any atom is 0.0946 e. The summed E-state index contributed by atoms with van der Waals surface area (Å²) in [5, 5.41) is 2.15. The SMILES string of the molecule is CCC(CCc1ccc(Cl)cc1)(Cn1ccnc1)Sc1c(Cl)cccc1Cl. The Labute approximate surface area is 179 Å². The first-order valence-electron chi connectivity index (χ1n) is 8.84. The minimum atomic E-state index is -0.0605. The molecule has 1 unspecified atom stereocenters. The molecule has 0 saturated carbocycles. The monoisotopic (exact) mass is 438 g/mol. The molecule has 1 heterocycles. The van der Waals surface area contributed by atoms with Gasteiger partial charge in [0.15, 0.2) is 0 Å². The quantitative estimate of drug-likeness (QED) is 0.340. The number of thioether (sulfide) groups is 1. The molecule has 6 heteroatoms. The zero-order chi connectivity index (χ0) is 19.3. The van der Waals surface area contributed by atoms with E-state index in [4.69, 9.17) is 34.8 Å². The number of benzene rings is 2. The molecule has 27 heavy (non-hydrogen) atoms. The van der Waals surface area contributed by atoms with Gasteiger partial charge in [0.05, 0.1) is 16.4 Å². The molecule has 0 spiro atoms. The summed E-state index contributed by atoms with van der Waals surface area (Å²) in [4.78, 5) is 5.14. The van der Waals surface area contributed by atoms with Gasteiger partial charge in [-0.2, -0.15) is 0 Å². The summed E-state index contributed by atoms with van der Waals surface area (Å²) in [6.07, 6.45) is 8.59. The highest BCUT2D eigenvalue weighted by Crippen LogP contribution is 2.46. The number of imidazole rings is 1. The molecule has 0 aliphatic heterocycles. The zero-order valence-corrected chi connectivity index (χ0v) is 18.1. The van der Waals surface area contributed by atoms with Crippen LogP contribution in [0.3, 0.4) is 0 Å². The molecule has 1 atom stereocenters. The highest BCUT2D eigenvalue weighted by molar-refractivity contribution is 8.00. The van der Waals surface area contributed by atoms with Crippen LogP contribution in [-0.2, 0) is 13.0 Å². The van der Waals surface area contributed by atoms with Crippen LogP contribution in [0.4, 0.5) is 0 Å². The maximum absolute atomic E-state index is 6.47. The summed E-state index contributed by atoms with van der Waals surface area (Å²) in [6.45, 7) is 3.06. The van der Waals surface area contributed by atoms with Crippen LogP contribution in [0.1, 0.15) is 25.3 Å². The van der Waals surface area contributed by atoms with Crippen molar-refractivity contribution in [3.63, 3.8) is 0 Å². The molecule has 0 N–H and O–H groups in total. The molecule has 0 bridgehead atoms. The van der Waals surface area contributed by atoms with Crippen molar-refractivity contribution in [2.75, 3.05) is 0 Å². The van der Waals surface area contributed by atoms with E-state index in [0.717, 1.165) is 35.7 Å². The maximum atomic E-state index is 6.47. The van der Waals surface area contributed by atoms with Gasteiger partial charge in [0, 0.05) is 33.6 Å². The predicted molar refractivity (Wildman–Crippen MR) is 117 cm³/mol. The fourth-order valence-corrected chi connectivity index (χ4v) is 5.14. The molecular weight excluding hydrogens is 419 g/mol. The number of nitrogens with zero attached hydrogens (tertiary/aromatic N) is 2. The van der Waals surface area contributed by atoms with Gasteiger partial charge in [-0.15, -0.1) is 11.8 Å². The van der Waals surface area contributed by atoms with Crippen molar-refractivity contribution in [3.8, 4) is 0 Å². The Hall–Kier alpha value is -1.13. The fourth-order valence-electron chi connectivity index (χ4n) is 3.06. The summed E-state index contributed by atoms with van der Waals surface area (Å²) >= 11 is 20.7. The number of aromatic nitrogens is 2. The van der Waals surface area contributed by atoms with Gasteiger partial charge in [0.25, 0.3) is 0 Å². The molecule has 0 aliphatic rings. The van der Waals surface area contributed by atoms with Crippen LogP contribution >= 0.6 is 46.6 Å². The van der Waals surface area contributed by atoms with Crippen LogP contribution in [0.25, 0.3) is 0 Å². The lowest BCUT2D eigenvalue weighted by molar-refractivity contribution is 0.449. The molecule has 142 valence electrons. The summed E-state index contributed by atoms with van der Waals surface area (Å²) in [7, 11) is 0.